The van der Waals surface area contributed by atoms with Gasteiger partial charge in [-0.05, 0) is 6.92 Å². The molecule has 1 heterocycles. The summed E-state index contributed by atoms with van der Waals surface area (Å²) in [4.78, 5) is 3.79. The van der Waals surface area contributed by atoms with Crippen LogP contribution in [-0.4, -0.2) is 20.3 Å². The van der Waals surface area contributed by atoms with Crippen LogP contribution in [0.3, 0.4) is 0 Å². The average Bonchev–Trinajstić information content (AvgIpc) is 2.07. The molecular formula is C8H10Cl3NO3. The van der Waals surface area contributed by atoms with Gasteiger partial charge in [0.05, 0.1) is 17.9 Å². The fraction of sp³-hybridized carbons (Fsp3) is 0.375. The van der Waals surface area contributed by atoms with Gasteiger partial charge in [0, 0.05) is 11.8 Å². The third-order valence-electron chi connectivity index (χ3n) is 1.79. The van der Waals surface area contributed by atoms with Crippen LogP contribution in [0.1, 0.15) is 16.8 Å². The van der Waals surface area contributed by atoms with Crippen LogP contribution in [0.4, 0.5) is 0 Å². The Hall–Kier alpha value is -0.260. The Bertz CT molecular complexity index is 352. The van der Waals surface area contributed by atoms with Crippen LogP contribution >= 0.6 is 35.6 Å². The predicted molar refractivity (Wildman–Crippen MR) is 59.4 cm³/mol. The fourth-order valence-electron chi connectivity index (χ4n) is 1.09. The van der Waals surface area contributed by atoms with Crippen LogP contribution in [0.2, 0.25) is 0 Å². The van der Waals surface area contributed by atoms with Crippen molar-refractivity contribution in [3.05, 3.63) is 23.0 Å². The number of nitrogens with zero attached hydrogens (tertiary/aromatic N) is 1. The van der Waals surface area contributed by atoms with Crippen LogP contribution in [-0.2, 0) is 11.1 Å². The highest BCUT2D eigenvalue weighted by Crippen LogP contribution is 2.39. The lowest BCUT2D eigenvalue weighted by Crippen LogP contribution is -2.13. The molecule has 0 aliphatic carbocycles. The van der Waals surface area contributed by atoms with Crippen molar-refractivity contribution in [2.45, 2.75) is 18.1 Å². The lowest BCUT2D eigenvalue weighted by Gasteiger charge is -2.18. The van der Waals surface area contributed by atoms with Crippen LogP contribution in [0.15, 0.2) is 6.20 Å². The Morgan fingerprint density at radius 3 is 2.40 bits per heavy atom. The maximum Gasteiger partial charge on any atom is 0.245 e. The van der Waals surface area contributed by atoms with Crippen molar-refractivity contribution in [2.75, 3.05) is 0 Å². The van der Waals surface area contributed by atoms with E-state index in [1.165, 1.54) is 13.1 Å². The monoisotopic (exact) mass is 273 g/mol. The number of rotatable bonds is 2. The molecular weight excluding hydrogens is 264 g/mol. The van der Waals surface area contributed by atoms with E-state index in [4.69, 9.17) is 28.3 Å². The molecule has 0 aliphatic heterocycles. The number of aliphatic hydroxyl groups excluding tert-OH is 1. The molecule has 15 heavy (non-hydrogen) atoms. The van der Waals surface area contributed by atoms with Gasteiger partial charge in [-0.25, -0.2) is 0 Å². The highest BCUT2D eigenvalue weighted by atomic mass is 35.5. The summed E-state index contributed by atoms with van der Waals surface area (Å²) in [5.41, 5.74) is 0.327. The van der Waals surface area contributed by atoms with Crippen molar-refractivity contribution in [3.63, 3.8) is 0 Å². The van der Waals surface area contributed by atoms with E-state index in [9.17, 15) is 10.2 Å². The second-order valence-corrected chi connectivity index (χ2v) is 4.08. The molecule has 0 spiro atoms. The quantitative estimate of drug-likeness (QED) is 0.716. The van der Waals surface area contributed by atoms with Gasteiger partial charge in [-0.1, -0.05) is 23.2 Å². The molecule has 4 nitrogen and oxygen atoms in total. The predicted octanol–water partition coefficient (Wildman–Crippen LogP) is 1.59. The number of halogens is 3. The molecule has 0 radical (unpaired) electrons. The molecule has 0 bridgehead atoms. The smallest absolute Gasteiger partial charge is 0.245 e. The van der Waals surface area contributed by atoms with Gasteiger partial charge in [-0.3, -0.25) is 4.98 Å². The van der Waals surface area contributed by atoms with Crippen molar-refractivity contribution >= 4 is 35.6 Å². The van der Waals surface area contributed by atoms with Crippen molar-refractivity contribution in [1.82, 2.24) is 4.98 Å². The van der Waals surface area contributed by atoms with E-state index in [2.05, 4.69) is 4.98 Å². The summed E-state index contributed by atoms with van der Waals surface area (Å²) < 4.78 is -2.24. The summed E-state index contributed by atoms with van der Waals surface area (Å²) in [6.45, 7) is 1.11. The molecule has 3 N–H and O–H groups in total. The number of pyridine rings is 1. The zero-order valence-electron chi connectivity index (χ0n) is 7.74. The third-order valence-corrected chi connectivity index (χ3v) is 2.16. The summed E-state index contributed by atoms with van der Waals surface area (Å²) in [7, 11) is 0. The summed E-state index contributed by atoms with van der Waals surface area (Å²) in [5.74, 6) is -0.316. The van der Waals surface area contributed by atoms with Gasteiger partial charge in [0.25, 0.3) is 0 Å². The van der Waals surface area contributed by atoms with Gasteiger partial charge in [-0.2, -0.15) is 0 Å². The molecule has 1 aromatic heterocycles. The number of alkyl halides is 2. The Labute approximate surface area is 103 Å². The molecule has 7 heteroatoms. The minimum atomic E-state index is -2.24. The van der Waals surface area contributed by atoms with E-state index in [0.717, 1.165) is 0 Å². The first-order valence-electron chi connectivity index (χ1n) is 3.77. The number of hydrogen-bond donors (Lipinski definition) is 3. The summed E-state index contributed by atoms with van der Waals surface area (Å²) in [5, 5.41) is 27.8. The first-order chi connectivity index (χ1) is 6.38. The highest BCUT2D eigenvalue weighted by molar-refractivity contribution is 6.46. The Kier molecular flexibility index (Phi) is 5.09. The molecule has 0 aliphatic rings. The standard InChI is InChI=1S/C8H9Cl2NO3.ClH/c1-4-7(13)6(8(9,10)14)5(3-12)2-11-4;/h2,12-14H,3H2,1H3;1H. The second-order valence-electron chi connectivity index (χ2n) is 2.79. The number of aromatic nitrogens is 1. The zero-order chi connectivity index (χ0) is 10.9. The van der Waals surface area contributed by atoms with Gasteiger partial charge in [-0.15, -0.1) is 12.4 Å². The minimum absolute atomic E-state index is 0. The van der Waals surface area contributed by atoms with Crippen LogP contribution < -0.4 is 0 Å². The van der Waals surface area contributed by atoms with E-state index in [-0.39, 0.29) is 35.0 Å². The molecule has 0 atom stereocenters. The molecule has 1 rings (SSSR count). The molecule has 0 amide bonds. The molecule has 0 saturated carbocycles. The van der Waals surface area contributed by atoms with Gasteiger partial charge >= 0.3 is 0 Å². The second kappa shape index (κ2) is 5.18. The van der Waals surface area contributed by atoms with Gasteiger partial charge in [0.2, 0.25) is 4.52 Å². The minimum Gasteiger partial charge on any atom is -0.506 e. The maximum absolute atomic E-state index is 9.54. The van der Waals surface area contributed by atoms with E-state index in [0.29, 0.717) is 0 Å². The molecule has 0 saturated heterocycles. The molecule has 0 aromatic carbocycles. The third kappa shape index (κ3) is 3.09. The van der Waals surface area contributed by atoms with E-state index in [1.54, 1.807) is 0 Å². The van der Waals surface area contributed by atoms with E-state index < -0.39 is 11.1 Å². The number of hydrogen-bond acceptors (Lipinski definition) is 4. The molecule has 1 aromatic rings. The van der Waals surface area contributed by atoms with Gasteiger partial charge in [0.1, 0.15) is 5.75 Å². The SMILES string of the molecule is Cc1ncc(CO)c(C(O)(Cl)Cl)c1O.Cl. The Balaban J connectivity index is 0.00000196. The van der Waals surface area contributed by atoms with Crippen LogP contribution in [0.5, 0.6) is 5.75 Å². The number of aryl methyl sites for hydroxylation is 1. The molecule has 86 valence electrons. The van der Waals surface area contributed by atoms with Gasteiger partial charge < -0.3 is 15.3 Å². The normalized spacial score (nSPS) is 11.0. The highest BCUT2D eigenvalue weighted by Gasteiger charge is 2.30. The summed E-state index contributed by atoms with van der Waals surface area (Å²) in [6.07, 6.45) is 1.29. The molecule has 0 fully saturated rings. The summed E-state index contributed by atoms with van der Waals surface area (Å²) in [6, 6.07) is 0. The average molecular weight is 275 g/mol. The number of aromatic hydroxyl groups is 1. The van der Waals surface area contributed by atoms with Crippen molar-refractivity contribution in [1.29, 1.82) is 0 Å². The van der Waals surface area contributed by atoms with Crippen molar-refractivity contribution in [3.8, 4) is 5.75 Å². The lowest BCUT2D eigenvalue weighted by atomic mass is 10.1. The first kappa shape index (κ1) is 14.7. The lowest BCUT2D eigenvalue weighted by molar-refractivity contribution is 0.205. The topological polar surface area (TPSA) is 73.6 Å². The van der Waals surface area contributed by atoms with Gasteiger partial charge in [0.15, 0.2) is 0 Å². The van der Waals surface area contributed by atoms with Crippen molar-refractivity contribution < 1.29 is 15.3 Å². The van der Waals surface area contributed by atoms with Crippen LogP contribution in [0, 0.1) is 6.92 Å². The first-order valence-corrected chi connectivity index (χ1v) is 4.52. The Morgan fingerprint density at radius 2 is 2.00 bits per heavy atom. The Morgan fingerprint density at radius 1 is 1.47 bits per heavy atom. The largest absolute Gasteiger partial charge is 0.506 e. The van der Waals surface area contributed by atoms with E-state index >= 15 is 0 Å². The van der Waals surface area contributed by atoms with Crippen molar-refractivity contribution in [2.24, 2.45) is 0 Å². The zero-order valence-corrected chi connectivity index (χ0v) is 10.1. The fourth-order valence-corrected chi connectivity index (χ4v) is 1.51. The molecule has 0 unspecified atom stereocenters. The summed E-state index contributed by atoms with van der Waals surface area (Å²) >= 11 is 10.9. The van der Waals surface area contributed by atoms with E-state index in [1.807, 2.05) is 0 Å². The van der Waals surface area contributed by atoms with Crippen LogP contribution in [0.25, 0.3) is 0 Å². The maximum atomic E-state index is 9.54. The number of aliphatic hydroxyl groups is 2.